The smallest absolute Gasteiger partial charge is 0.247 e. The zero-order valence-corrected chi connectivity index (χ0v) is 25.8. The molecule has 4 amide bonds. The second kappa shape index (κ2) is 13.8. The molecule has 3 aromatic carbocycles. The van der Waals surface area contributed by atoms with Gasteiger partial charge >= 0.3 is 0 Å². The summed E-state index contributed by atoms with van der Waals surface area (Å²) in [5.41, 5.74) is 3.79. The molecule has 0 spiro atoms. The van der Waals surface area contributed by atoms with Gasteiger partial charge in [0.1, 0.15) is 6.04 Å². The highest BCUT2D eigenvalue weighted by Gasteiger charge is 2.34. The zero-order valence-electron chi connectivity index (χ0n) is 25.8. The Morgan fingerprint density at radius 3 is 2.17 bits per heavy atom. The van der Waals surface area contributed by atoms with Crippen molar-refractivity contribution in [2.24, 2.45) is 0 Å². The van der Waals surface area contributed by atoms with E-state index in [4.69, 9.17) is 4.42 Å². The van der Waals surface area contributed by atoms with E-state index in [2.05, 4.69) is 15.6 Å². The van der Waals surface area contributed by atoms with Crippen molar-refractivity contribution in [1.82, 2.24) is 14.8 Å². The van der Waals surface area contributed by atoms with Crippen LogP contribution in [0, 0.1) is 0 Å². The lowest BCUT2D eigenvalue weighted by Gasteiger charge is -2.24. The Kier molecular flexibility index (Phi) is 9.23. The van der Waals surface area contributed by atoms with Crippen LogP contribution >= 0.6 is 0 Å². The number of oxazole rings is 1. The minimum absolute atomic E-state index is 0.00696. The van der Waals surface area contributed by atoms with Crippen LogP contribution < -0.4 is 10.6 Å². The number of benzene rings is 3. The van der Waals surface area contributed by atoms with E-state index in [-0.39, 0.29) is 42.5 Å². The molecule has 3 heterocycles. The molecule has 0 aliphatic carbocycles. The monoisotopic (exact) mass is 619 g/mol. The normalized spacial score (nSPS) is 17.6. The lowest BCUT2D eigenvalue weighted by Crippen LogP contribution is -2.43. The van der Waals surface area contributed by atoms with Gasteiger partial charge in [-0.05, 0) is 79.8 Å². The molecule has 10 heteroatoms. The Morgan fingerprint density at radius 1 is 0.804 bits per heavy atom. The predicted molar refractivity (Wildman–Crippen MR) is 175 cm³/mol. The van der Waals surface area contributed by atoms with E-state index in [9.17, 15) is 19.2 Å². The third-order valence-electron chi connectivity index (χ3n) is 8.63. The number of anilines is 2. The fourth-order valence-electron chi connectivity index (χ4n) is 6.28. The maximum absolute atomic E-state index is 13.1. The van der Waals surface area contributed by atoms with Gasteiger partial charge in [0.15, 0.2) is 5.76 Å². The van der Waals surface area contributed by atoms with Crippen LogP contribution in [0.3, 0.4) is 0 Å². The first-order valence-corrected chi connectivity index (χ1v) is 15.7. The number of nitrogens with zero attached hydrogens (tertiary/aromatic N) is 3. The minimum Gasteiger partial charge on any atom is -0.436 e. The molecule has 2 atom stereocenters. The summed E-state index contributed by atoms with van der Waals surface area (Å²) in [4.78, 5) is 58.3. The van der Waals surface area contributed by atoms with Gasteiger partial charge in [-0.2, -0.15) is 0 Å². The number of nitrogens with one attached hydrogen (secondary N) is 2. The van der Waals surface area contributed by atoms with E-state index in [0.717, 1.165) is 36.0 Å². The first kappa shape index (κ1) is 30.8. The SMILES string of the molecule is CC(=O)N1CCC[C@H]1CC(=O)Nc1ccc(-c2ncc(-c3ccc(NC(=O)[C@@H]4CCCN4C(=O)Cc4ccccc4)cc3)o2)cc1. The molecule has 2 aliphatic rings. The highest BCUT2D eigenvalue weighted by Crippen LogP contribution is 2.29. The number of carbonyl (C=O) groups excluding carboxylic acids is 4. The number of aromatic nitrogens is 1. The summed E-state index contributed by atoms with van der Waals surface area (Å²) in [5, 5.41) is 5.88. The Labute approximate surface area is 267 Å². The van der Waals surface area contributed by atoms with Crippen molar-refractivity contribution in [2.45, 2.75) is 57.5 Å². The van der Waals surface area contributed by atoms with Gasteiger partial charge in [-0.1, -0.05) is 30.3 Å². The van der Waals surface area contributed by atoms with Gasteiger partial charge in [0.25, 0.3) is 0 Å². The number of hydrogen-bond acceptors (Lipinski definition) is 6. The Bertz CT molecular complexity index is 1700. The number of carbonyl (C=O) groups is 4. The molecule has 2 aliphatic heterocycles. The molecule has 0 saturated carbocycles. The third kappa shape index (κ3) is 7.17. The molecular weight excluding hydrogens is 582 g/mol. The van der Waals surface area contributed by atoms with Crippen molar-refractivity contribution in [3.63, 3.8) is 0 Å². The van der Waals surface area contributed by atoms with E-state index < -0.39 is 6.04 Å². The summed E-state index contributed by atoms with van der Waals surface area (Å²) in [5.74, 6) is 0.666. The molecule has 4 aromatic rings. The van der Waals surface area contributed by atoms with E-state index in [1.165, 1.54) is 0 Å². The summed E-state index contributed by atoms with van der Waals surface area (Å²) < 4.78 is 6.02. The van der Waals surface area contributed by atoms with Gasteiger partial charge in [0, 0.05) is 55.0 Å². The Balaban J connectivity index is 1.02. The summed E-state index contributed by atoms with van der Waals surface area (Å²) in [6.07, 6.45) is 5.40. The molecule has 0 unspecified atom stereocenters. The molecule has 6 rings (SSSR count). The van der Waals surface area contributed by atoms with Crippen LogP contribution in [0.4, 0.5) is 11.4 Å². The first-order chi connectivity index (χ1) is 22.3. The summed E-state index contributed by atoms with van der Waals surface area (Å²) in [6.45, 7) is 2.83. The summed E-state index contributed by atoms with van der Waals surface area (Å²) in [7, 11) is 0. The highest BCUT2D eigenvalue weighted by atomic mass is 16.4. The molecule has 2 fully saturated rings. The second-order valence-corrected chi connectivity index (χ2v) is 11.8. The average Bonchev–Trinajstić information content (AvgIpc) is 3.84. The molecule has 1 aromatic heterocycles. The topological polar surface area (TPSA) is 125 Å². The van der Waals surface area contributed by atoms with E-state index in [1.54, 1.807) is 47.2 Å². The maximum atomic E-state index is 13.1. The van der Waals surface area contributed by atoms with Gasteiger partial charge in [-0.15, -0.1) is 0 Å². The van der Waals surface area contributed by atoms with Gasteiger partial charge in [0.05, 0.1) is 12.6 Å². The predicted octanol–water partition coefficient (Wildman–Crippen LogP) is 5.52. The third-order valence-corrected chi connectivity index (χ3v) is 8.63. The van der Waals surface area contributed by atoms with Crippen LogP contribution in [0.5, 0.6) is 0 Å². The van der Waals surface area contributed by atoms with Crippen molar-refractivity contribution >= 4 is 35.0 Å². The molecule has 2 saturated heterocycles. The number of hydrogen-bond donors (Lipinski definition) is 2. The van der Waals surface area contributed by atoms with Crippen LogP contribution in [0.1, 0.15) is 44.6 Å². The lowest BCUT2D eigenvalue weighted by molar-refractivity contribution is -0.136. The largest absolute Gasteiger partial charge is 0.436 e. The molecule has 0 radical (unpaired) electrons. The number of rotatable bonds is 9. The molecule has 2 N–H and O–H groups in total. The van der Waals surface area contributed by atoms with E-state index >= 15 is 0 Å². The highest BCUT2D eigenvalue weighted by molar-refractivity contribution is 5.98. The van der Waals surface area contributed by atoms with Crippen LogP contribution in [0.15, 0.2) is 89.5 Å². The van der Waals surface area contributed by atoms with Crippen LogP contribution in [-0.2, 0) is 25.6 Å². The van der Waals surface area contributed by atoms with E-state index in [1.807, 2.05) is 54.6 Å². The van der Waals surface area contributed by atoms with E-state index in [0.29, 0.717) is 42.5 Å². The van der Waals surface area contributed by atoms with Crippen molar-refractivity contribution in [3.05, 3.63) is 90.6 Å². The Hall–Kier alpha value is -5.25. The second-order valence-electron chi connectivity index (χ2n) is 11.8. The van der Waals surface area contributed by atoms with Crippen molar-refractivity contribution in [3.8, 4) is 22.8 Å². The standard InChI is InChI=1S/C36H37N5O5/c1-24(42)40-19-5-9-30(40)22-33(43)38-28-17-13-27(14-18-28)36-37-23-32(46-36)26-11-15-29(16-12-26)39-35(45)31-10-6-20-41(31)34(44)21-25-7-3-2-4-8-25/h2-4,7-8,11-18,23,30-31H,5-6,9-10,19-22H2,1H3,(H,38,43)(H,39,45)/t30-,31-/m0/s1. The first-order valence-electron chi connectivity index (χ1n) is 15.7. The van der Waals surface area contributed by atoms with Crippen molar-refractivity contribution < 1.29 is 23.6 Å². The van der Waals surface area contributed by atoms with Crippen LogP contribution in [0.25, 0.3) is 22.8 Å². The number of amides is 4. The van der Waals surface area contributed by atoms with Gasteiger partial charge in [-0.3, -0.25) is 19.2 Å². The molecule has 0 bridgehead atoms. The van der Waals surface area contributed by atoms with Gasteiger partial charge < -0.3 is 24.9 Å². The lowest BCUT2D eigenvalue weighted by atomic mass is 10.1. The molecular formula is C36H37N5O5. The summed E-state index contributed by atoms with van der Waals surface area (Å²) in [6, 6.07) is 23.6. The molecule has 236 valence electrons. The van der Waals surface area contributed by atoms with Crippen molar-refractivity contribution in [1.29, 1.82) is 0 Å². The summed E-state index contributed by atoms with van der Waals surface area (Å²) >= 11 is 0. The number of likely N-dealkylation sites (tertiary alicyclic amines) is 2. The van der Waals surface area contributed by atoms with Crippen molar-refractivity contribution in [2.75, 3.05) is 23.7 Å². The Morgan fingerprint density at radius 2 is 1.46 bits per heavy atom. The maximum Gasteiger partial charge on any atom is 0.247 e. The zero-order chi connectivity index (χ0) is 32.0. The van der Waals surface area contributed by atoms with Gasteiger partial charge in [-0.25, -0.2) is 4.98 Å². The molecule has 46 heavy (non-hydrogen) atoms. The van der Waals surface area contributed by atoms with Crippen LogP contribution in [-0.4, -0.2) is 63.6 Å². The quantitative estimate of drug-likeness (QED) is 0.254. The van der Waals surface area contributed by atoms with Crippen LogP contribution in [0.2, 0.25) is 0 Å². The minimum atomic E-state index is -0.489. The average molecular weight is 620 g/mol. The molecule has 10 nitrogen and oxygen atoms in total. The fourth-order valence-corrected chi connectivity index (χ4v) is 6.28. The van der Waals surface area contributed by atoms with Gasteiger partial charge in [0.2, 0.25) is 29.5 Å². The fraction of sp³-hybridized carbons (Fsp3) is 0.306.